The van der Waals surface area contributed by atoms with Crippen LogP contribution in [0.5, 0.6) is 0 Å². The zero-order valence-corrected chi connectivity index (χ0v) is 16.0. The van der Waals surface area contributed by atoms with Crippen LogP contribution in [0.3, 0.4) is 0 Å². The average molecular weight is 474 g/mol. The van der Waals surface area contributed by atoms with Crippen molar-refractivity contribution in [3.63, 3.8) is 0 Å². The van der Waals surface area contributed by atoms with E-state index in [1.807, 2.05) is 13.8 Å². The summed E-state index contributed by atoms with van der Waals surface area (Å²) in [5, 5.41) is 38.2. The van der Waals surface area contributed by atoms with Crippen LogP contribution in [0.25, 0.3) is 0 Å². The minimum atomic E-state index is -1.83. The van der Waals surface area contributed by atoms with E-state index in [0.29, 0.717) is 3.39 Å². The number of aliphatic hydroxyl groups excluding tert-OH is 3. The van der Waals surface area contributed by atoms with Crippen molar-refractivity contribution in [2.75, 3.05) is 0 Å². The van der Waals surface area contributed by atoms with Crippen LogP contribution in [0.1, 0.15) is 13.8 Å². The van der Waals surface area contributed by atoms with Gasteiger partial charge in [0.2, 0.25) is 6.29 Å². The molecule has 2 aliphatic rings. The molecule has 0 bridgehead atoms. The monoisotopic (exact) mass is 472 g/mol. The van der Waals surface area contributed by atoms with E-state index in [1.165, 1.54) is 0 Å². The first-order chi connectivity index (χ1) is 11.0. The second kappa shape index (κ2) is 7.00. The number of esters is 1. The number of hydrogen-bond donors (Lipinski definition) is 4. The fourth-order valence-electron chi connectivity index (χ4n) is 2.91. The summed E-state index contributed by atoms with van der Waals surface area (Å²) in [6.07, 6.45) is -7.07. The van der Waals surface area contributed by atoms with Gasteiger partial charge in [-0.25, -0.2) is 4.79 Å². The van der Waals surface area contributed by atoms with Gasteiger partial charge in [0.25, 0.3) is 0 Å². The van der Waals surface area contributed by atoms with E-state index < -0.39 is 48.6 Å². The van der Waals surface area contributed by atoms with E-state index in [0.717, 1.165) is 0 Å². The summed E-state index contributed by atoms with van der Waals surface area (Å²) in [5.41, 5.74) is -0.381. The molecule has 1 saturated heterocycles. The molecule has 2 fully saturated rings. The molecular formula is C14H18Br2O8. The van der Waals surface area contributed by atoms with Crippen LogP contribution in [0, 0.1) is 17.3 Å². The molecule has 7 atom stereocenters. The lowest BCUT2D eigenvalue weighted by molar-refractivity contribution is -0.287. The number of rotatable bonds is 4. The normalized spacial score (nSPS) is 40.5. The molecule has 0 radical (unpaired) electrons. The van der Waals surface area contributed by atoms with Gasteiger partial charge in [-0.15, -0.1) is 0 Å². The topological polar surface area (TPSA) is 134 Å². The number of aliphatic hydroxyl groups is 3. The van der Waals surface area contributed by atoms with Crippen molar-refractivity contribution in [2.24, 2.45) is 17.3 Å². The van der Waals surface area contributed by atoms with Crippen LogP contribution in [0.2, 0.25) is 0 Å². The van der Waals surface area contributed by atoms with E-state index in [9.17, 15) is 24.9 Å². The third kappa shape index (κ3) is 3.68. The standard InChI is InChI=1S/C14H18Br2O8/c1-14(2)4(3-5(15)16)6(14)12(22)24-13-9(19)7(17)8(18)10(23-13)11(20)21/h3-4,6-10,13,17-19H,1-2H3,(H,20,21)/t4-,6-,7-,8-,9+,10-,13-/m0/s1. The van der Waals surface area contributed by atoms with Gasteiger partial charge in [0.1, 0.15) is 18.3 Å². The summed E-state index contributed by atoms with van der Waals surface area (Å²) in [4.78, 5) is 23.4. The Kier molecular flexibility index (Phi) is 5.78. The molecule has 24 heavy (non-hydrogen) atoms. The average Bonchev–Trinajstić information content (AvgIpc) is 2.99. The molecule has 0 spiro atoms. The Morgan fingerprint density at radius 3 is 2.21 bits per heavy atom. The van der Waals surface area contributed by atoms with Crippen LogP contribution in [-0.4, -0.2) is 63.1 Å². The van der Waals surface area contributed by atoms with E-state index in [2.05, 4.69) is 31.9 Å². The molecule has 1 saturated carbocycles. The molecule has 0 aromatic heterocycles. The SMILES string of the molecule is CC1(C)[C@H](C(=O)O[C@@H]2O[C@H](C(=O)O)[C@@H](O)[C@H](O)[C@H]2O)[C@@H]1C=C(Br)Br. The van der Waals surface area contributed by atoms with Gasteiger partial charge in [0.15, 0.2) is 6.10 Å². The summed E-state index contributed by atoms with van der Waals surface area (Å²) >= 11 is 6.45. The van der Waals surface area contributed by atoms with Gasteiger partial charge in [0.05, 0.1) is 9.31 Å². The molecule has 1 aliphatic heterocycles. The Bertz CT molecular complexity index is 559. The van der Waals surface area contributed by atoms with Crippen molar-refractivity contribution in [1.29, 1.82) is 0 Å². The maximum atomic E-state index is 12.3. The molecule has 0 amide bonds. The Labute approximate surface area is 154 Å². The quantitative estimate of drug-likeness (QED) is 0.429. The molecule has 136 valence electrons. The van der Waals surface area contributed by atoms with Gasteiger partial charge in [-0.05, 0) is 43.2 Å². The molecule has 0 unspecified atom stereocenters. The summed E-state index contributed by atoms with van der Waals surface area (Å²) in [5.74, 6) is -2.85. The number of ether oxygens (including phenoxy) is 2. The smallest absolute Gasteiger partial charge is 0.335 e. The Morgan fingerprint density at radius 1 is 1.12 bits per heavy atom. The second-order valence-corrected chi connectivity index (χ2v) is 9.23. The molecule has 1 aliphatic carbocycles. The number of carbonyl (C=O) groups excluding carboxylic acids is 1. The van der Waals surface area contributed by atoms with Gasteiger partial charge < -0.3 is 29.9 Å². The van der Waals surface area contributed by atoms with Gasteiger partial charge in [-0.2, -0.15) is 0 Å². The van der Waals surface area contributed by atoms with Crippen molar-refractivity contribution in [3.8, 4) is 0 Å². The molecule has 0 aromatic carbocycles. The molecule has 8 nitrogen and oxygen atoms in total. The molecule has 2 rings (SSSR count). The maximum absolute atomic E-state index is 12.3. The van der Waals surface area contributed by atoms with Crippen molar-refractivity contribution in [2.45, 2.75) is 44.6 Å². The van der Waals surface area contributed by atoms with Crippen molar-refractivity contribution >= 4 is 43.8 Å². The van der Waals surface area contributed by atoms with Gasteiger partial charge in [-0.1, -0.05) is 19.9 Å². The lowest BCUT2D eigenvalue weighted by Gasteiger charge is -2.38. The van der Waals surface area contributed by atoms with Crippen LogP contribution in [0.4, 0.5) is 0 Å². The number of halogens is 2. The van der Waals surface area contributed by atoms with Crippen molar-refractivity contribution in [3.05, 3.63) is 9.47 Å². The first kappa shape index (κ1) is 19.8. The highest BCUT2D eigenvalue weighted by Gasteiger charge is 2.62. The maximum Gasteiger partial charge on any atom is 0.335 e. The van der Waals surface area contributed by atoms with Crippen molar-refractivity contribution in [1.82, 2.24) is 0 Å². The highest BCUT2D eigenvalue weighted by Crippen LogP contribution is 2.60. The van der Waals surface area contributed by atoms with Crippen LogP contribution in [0.15, 0.2) is 9.47 Å². The Morgan fingerprint density at radius 2 is 1.71 bits per heavy atom. The number of aliphatic carboxylic acids is 1. The minimum absolute atomic E-state index is 0.120. The minimum Gasteiger partial charge on any atom is -0.479 e. The third-order valence-corrected chi connectivity index (χ3v) is 5.04. The zero-order valence-electron chi connectivity index (χ0n) is 12.8. The zero-order chi connectivity index (χ0) is 18.4. The predicted molar refractivity (Wildman–Crippen MR) is 87.1 cm³/mol. The number of hydrogen-bond acceptors (Lipinski definition) is 7. The number of carboxylic acids is 1. The molecule has 1 heterocycles. The van der Waals surface area contributed by atoms with Gasteiger partial charge in [0, 0.05) is 0 Å². The van der Waals surface area contributed by atoms with Crippen LogP contribution >= 0.6 is 31.9 Å². The second-order valence-electron chi connectivity index (χ2n) is 6.45. The first-order valence-electron chi connectivity index (χ1n) is 7.14. The number of carboxylic acid groups (broad SMARTS) is 1. The number of allylic oxidation sites excluding steroid dienone is 1. The molecule has 10 heteroatoms. The summed E-state index contributed by atoms with van der Waals surface area (Å²) in [6.45, 7) is 3.72. The van der Waals surface area contributed by atoms with Crippen LogP contribution in [-0.2, 0) is 19.1 Å². The lowest BCUT2D eigenvalue weighted by Crippen LogP contribution is -2.60. The molecular weight excluding hydrogens is 456 g/mol. The molecule has 0 aromatic rings. The molecule has 4 N–H and O–H groups in total. The van der Waals surface area contributed by atoms with Gasteiger partial charge >= 0.3 is 11.9 Å². The van der Waals surface area contributed by atoms with E-state index in [-0.39, 0.29) is 11.3 Å². The largest absolute Gasteiger partial charge is 0.479 e. The van der Waals surface area contributed by atoms with E-state index >= 15 is 0 Å². The number of carbonyl (C=O) groups is 2. The van der Waals surface area contributed by atoms with E-state index in [1.54, 1.807) is 6.08 Å². The van der Waals surface area contributed by atoms with Crippen molar-refractivity contribution < 1.29 is 39.5 Å². The Hall–Kier alpha value is -0.520. The Balaban J connectivity index is 2.08. The summed E-state index contributed by atoms with van der Waals surface area (Å²) in [6, 6.07) is 0. The lowest BCUT2D eigenvalue weighted by atomic mass is 9.99. The highest BCUT2D eigenvalue weighted by atomic mass is 79.9. The third-order valence-electron chi connectivity index (χ3n) is 4.52. The summed E-state index contributed by atoms with van der Waals surface area (Å²) in [7, 11) is 0. The highest BCUT2D eigenvalue weighted by molar-refractivity contribution is 9.28. The first-order valence-corrected chi connectivity index (χ1v) is 8.73. The van der Waals surface area contributed by atoms with Gasteiger partial charge in [-0.3, -0.25) is 4.79 Å². The summed E-state index contributed by atoms with van der Waals surface area (Å²) < 4.78 is 10.7. The van der Waals surface area contributed by atoms with Crippen LogP contribution < -0.4 is 0 Å². The predicted octanol–water partition coefficient (Wildman–Crippen LogP) is 0.325. The van der Waals surface area contributed by atoms with E-state index in [4.69, 9.17) is 14.6 Å². The fourth-order valence-corrected chi connectivity index (χ4v) is 3.48. The fraction of sp³-hybridized carbons (Fsp3) is 0.714.